The van der Waals surface area contributed by atoms with Crippen molar-refractivity contribution < 1.29 is 14.8 Å². The lowest BCUT2D eigenvalue weighted by atomic mass is 10.1. The molecule has 1 aromatic carbocycles. The van der Waals surface area contributed by atoms with Gasteiger partial charge in [-0.15, -0.1) is 0 Å². The van der Waals surface area contributed by atoms with Gasteiger partial charge in [0.15, 0.2) is 0 Å². The molecule has 0 fully saturated rings. The Balaban J connectivity index is 2.82. The van der Waals surface area contributed by atoms with Crippen molar-refractivity contribution in [1.82, 2.24) is 0 Å². The van der Waals surface area contributed by atoms with Crippen LogP contribution in [0.15, 0.2) is 18.2 Å². The lowest BCUT2D eigenvalue weighted by Gasteiger charge is -2.17. The molecule has 1 aromatic rings. The van der Waals surface area contributed by atoms with Crippen LogP contribution in [-0.2, 0) is 6.61 Å². The van der Waals surface area contributed by atoms with Gasteiger partial charge >= 0.3 is 0 Å². The molecule has 0 saturated carbocycles. The van der Waals surface area contributed by atoms with Crippen LogP contribution in [0.3, 0.4) is 0 Å². The second-order valence-electron chi connectivity index (χ2n) is 4.35. The number of hydrogen-bond acceptors (Lipinski definition) is 5. The van der Waals surface area contributed by atoms with Gasteiger partial charge in [-0.25, -0.2) is 0 Å². The average Bonchev–Trinajstić information content (AvgIpc) is 2.27. The van der Waals surface area contributed by atoms with Crippen LogP contribution in [0, 0.1) is 10.1 Å². The number of aliphatic hydroxyl groups is 1. The maximum atomic E-state index is 10.7. The first-order valence-electron chi connectivity index (χ1n) is 5.74. The standard InChI is InChI=1S/C12H18N2O4/c1-8(13)5-9(2)18-11-3-4-12(14(16)17)10(6-11)7-15/h3-4,6,8-9,15H,5,7,13H2,1-2H3. The van der Waals surface area contributed by atoms with Gasteiger partial charge in [-0.2, -0.15) is 0 Å². The minimum atomic E-state index is -0.527. The Morgan fingerprint density at radius 3 is 2.67 bits per heavy atom. The molecule has 0 aromatic heterocycles. The Kier molecular flexibility index (Phi) is 5.06. The zero-order chi connectivity index (χ0) is 13.7. The molecule has 3 N–H and O–H groups in total. The third-order valence-corrected chi connectivity index (χ3v) is 2.46. The van der Waals surface area contributed by atoms with Crippen molar-refractivity contribution in [2.24, 2.45) is 5.73 Å². The molecule has 0 aliphatic heterocycles. The third-order valence-electron chi connectivity index (χ3n) is 2.46. The van der Waals surface area contributed by atoms with Crippen LogP contribution in [-0.4, -0.2) is 22.2 Å². The van der Waals surface area contributed by atoms with Crippen molar-refractivity contribution in [2.75, 3.05) is 0 Å². The van der Waals surface area contributed by atoms with E-state index in [0.717, 1.165) is 0 Å². The van der Waals surface area contributed by atoms with Crippen LogP contribution in [0.5, 0.6) is 5.75 Å². The first-order chi connectivity index (χ1) is 8.43. The van der Waals surface area contributed by atoms with Gasteiger partial charge < -0.3 is 15.6 Å². The average molecular weight is 254 g/mol. The van der Waals surface area contributed by atoms with E-state index in [4.69, 9.17) is 15.6 Å². The fourth-order valence-corrected chi connectivity index (χ4v) is 1.74. The molecule has 0 saturated heterocycles. The molecule has 6 nitrogen and oxygen atoms in total. The zero-order valence-electron chi connectivity index (χ0n) is 10.5. The van der Waals surface area contributed by atoms with Crippen LogP contribution in [0.1, 0.15) is 25.8 Å². The van der Waals surface area contributed by atoms with Gasteiger partial charge in [-0.05, 0) is 32.4 Å². The summed E-state index contributed by atoms with van der Waals surface area (Å²) in [5.41, 5.74) is 5.79. The van der Waals surface area contributed by atoms with Crippen molar-refractivity contribution in [2.45, 2.75) is 39.0 Å². The lowest BCUT2D eigenvalue weighted by molar-refractivity contribution is -0.385. The fraction of sp³-hybridized carbons (Fsp3) is 0.500. The summed E-state index contributed by atoms with van der Waals surface area (Å²) < 4.78 is 5.59. The van der Waals surface area contributed by atoms with E-state index in [-0.39, 0.29) is 23.4 Å². The quantitative estimate of drug-likeness (QED) is 0.593. The van der Waals surface area contributed by atoms with Gasteiger partial charge in [0.05, 0.1) is 23.2 Å². The van der Waals surface area contributed by atoms with E-state index in [9.17, 15) is 10.1 Å². The van der Waals surface area contributed by atoms with Gasteiger partial charge in [0.2, 0.25) is 0 Å². The minimum absolute atomic E-state index is 0.0235. The van der Waals surface area contributed by atoms with E-state index < -0.39 is 11.5 Å². The second kappa shape index (κ2) is 6.32. The SMILES string of the molecule is CC(N)CC(C)Oc1ccc([N+](=O)[O-])c(CO)c1. The van der Waals surface area contributed by atoms with Crippen molar-refractivity contribution in [1.29, 1.82) is 0 Å². The molecule has 0 aliphatic rings. The number of ether oxygens (including phenoxy) is 1. The van der Waals surface area contributed by atoms with E-state index in [1.807, 2.05) is 13.8 Å². The topological polar surface area (TPSA) is 98.6 Å². The first kappa shape index (κ1) is 14.4. The zero-order valence-corrected chi connectivity index (χ0v) is 10.5. The molecule has 100 valence electrons. The van der Waals surface area contributed by atoms with Crippen molar-refractivity contribution in [3.8, 4) is 5.75 Å². The predicted octanol–water partition coefficient (Wildman–Crippen LogP) is 1.59. The molecular weight excluding hydrogens is 236 g/mol. The highest BCUT2D eigenvalue weighted by atomic mass is 16.6. The van der Waals surface area contributed by atoms with E-state index in [1.165, 1.54) is 18.2 Å². The fourth-order valence-electron chi connectivity index (χ4n) is 1.74. The Morgan fingerprint density at radius 2 is 2.17 bits per heavy atom. The molecule has 0 spiro atoms. The number of nitro groups is 1. The lowest BCUT2D eigenvalue weighted by Crippen LogP contribution is -2.24. The summed E-state index contributed by atoms with van der Waals surface area (Å²) in [6, 6.07) is 4.36. The van der Waals surface area contributed by atoms with Crippen LogP contribution in [0.2, 0.25) is 0 Å². The maximum Gasteiger partial charge on any atom is 0.275 e. The Bertz CT molecular complexity index is 421. The number of nitrogens with two attached hydrogens (primary N) is 1. The second-order valence-corrected chi connectivity index (χ2v) is 4.35. The van der Waals surface area contributed by atoms with Crippen LogP contribution in [0.4, 0.5) is 5.69 Å². The molecule has 2 atom stereocenters. The molecule has 0 amide bonds. The molecule has 0 bridgehead atoms. The summed E-state index contributed by atoms with van der Waals surface area (Å²) in [4.78, 5) is 10.2. The Morgan fingerprint density at radius 1 is 1.50 bits per heavy atom. The van der Waals surface area contributed by atoms with Gasteiger partial charge in [-0.3, -0.25) is 10.1 Å². The molecule has 0 radical (unpaired) electrons. The van der Waals surface area contributed by atoms with E-state index in [2.05, 4.69) is 0 Å². The number of aliphatic hydroxyl groups excluding tert-OH is 1. The predicted molar refractivity (Wildman–Crippen MR) is 67.4 cm³/mol. The monoisotopic (exact) mass is 254 g/mol. The van der Waals surface area contributed by atoms with Crippen molar-refractivity contribution in [3.05, 3.63) is 33.9 Å². The molecule has 0 aliphatic carbocycles. The van der Waals surface area contributed by atoms with Crippen LogP contribution in [0.25, 0.3) is 0 Å². The summed E-state index contributed by atoms with van der Waals surface area (Å²) >= 11 is 0. The molecule has 0 heterocycles. The summed E-state index contributed by atoms with van der Waals surface area (Å²) in [6.45, 7) is 3.37. The normalized spacial score (nSPS) is 14.0. The number of nitrogens with zero attached hydrogens (tertiary/aromatic N) is 1. The number of benzene rings is 1. The highest BCUT2D eigenvalue weighted by Gasteiger charge is 2.15. The molecule has 6 heteroatoms. The number of hydrogen-bond donors (Lipinski definition) is 2. The summed E-state index contributed by atoms with van der Waals surface area (Å²) in [6.07, 6.45) is 0.601. The molecule has 1 rings (SSSR count). The van der Waals surface area contributed by atoms with Gasteiger partial charge in [0.25, 0.3) is 5.69 Å². The van der Waals surface area contributed by atoms with Crippen molar-refractivity contribution in [3.63, 3.8) is 0 Å². The maximum absolute atomic E-state index is 10.7. The largest absolute Gasteiger partial charge is 0.491 e. The van der Waals surface area contributed by atoms with Crippen LogP contribution >= 0.6 is 0 Å². The van der Waals surface area contributed by atoms with E-state index in [1.54, 1.807) is 0 Å². The highest BCUT2D eigenvalue weighted by molar-refractivity contribution is 5.44. The van der Waals surface area contributed by atoms with Crippen molar-refractivity contribution >= 4 is 5.69 Å². The summed E-state index contributed by atoms with van der Waals surface area (Å²) in [5.74, 6) is 0.498. The number of nitro benzene ring substituents is 1. The van der Waals surface area contributed by atoms with Gasteiger partial charge in [0.1, 0.15) is 5.75 Å². The molecule has 18 heavy (non-hydrogen) atoms. The van der Waals surface area contributed by atoms with Gasteiger partial charge in [0, 0.05) is 12.1 Å². The summed E-state index contributed by atoms with van der Waals surface area (Å²) in [5, 5.41) is 19.8. The van der Waals surface area contributed by atoms with Crippen LogP contribution < -0.4 is 10.5 Å². The minimum Gasteiger partial charge on any atom is -0.491 e. The Labute approximate surface area is 106 Å². The Hall–Kier alpha value is -1.66. The summed E-state index contributed by atoms with van der Waals surface area (Å²) in [7, 11) is 0. The number of rotatable bonds is 6. The first-order valence-corrected chi connectivity index (χ1v) is 5.74. The smallest absolute Gasteiger partial charge is 0.275 e. The molecule has 2 unspecified atom stereocenters. The molecular formula is C12H18N2O4. The highest BCUT2D eigenvalue weighted by Crippen LogP contribution is 2.25. The third kappa shape index (κ3) is 3.97. The van der Waals surface area contributed by atoms with E-state index >= 15 is 0 Å². The van der Waals surface area contributed by atoms with Gasteiger partial charge in [-0.1, -0.05) is 0 Å². The van der Waals surface area contributed by atoms with E-state index in [0.29, 0.717) is 12.2 Å².